The summed E-state index contributed by atoms with van der Waals surface area (Å²) in [7, 11) is 0. The van der Waals surface area contributed by atoms with Gasteiger partial charge in [0, 0.05) is 6.20 Å². The molecule has 0 aromatic carbocycles. The highest BCUT2D eigenvalue weighted by Gasteiger charge is 2.14. The minimum atomic E-state index is -1.02. The van der Waals surface area contributed by atoms with Crippen molar-refractivity contribution in [3.63, 3.8) is 0 Å². The first-order valence-electron chi connectivity index (χ1n) is 5.19. The van der Waals surface area contributed by atoms with Crippen LogP contribution in [-0.4, -0.2) is 25.8 Å². The number of carboxylic acids is 1. The Bertz CT molecular complexity index is 667. The van der Waals surface area contributed by atoms with Crippen LogP contribution in [0.2, 0.25) is 0 Å². The van der Waals surface area contributed by atoms with Gasteiger partial charge in [0.05, 0.1) is 17.5 Å². The Kier molecular flexibility index (Phi) is 2.81. The van der Waals surface area contributed by atoms with Gasteiger partial charge in [-0.05, 0) is 25.5 Å². The molecule has 0 amide bonds. The summed E-state index contributed by atoms with van der Waals surface area (Å²) in [5.41, 5.74) is 1.90. The molecule has 0 saturated heterocycles. The van der Waals surface area contributed by atoms with Gasteiger partial charge in [-0.15, -0.1) is 0 Å². The Morgan fingerprint density at radius 1 is 1.44 bits per heavy atom. The number of aromatic nitrogens is 3. The molecule has 90 valence electrons. The highest BCUT2D eigenvalue weighted by molar-refractivity contribution is 5.88. The molecular formula is C12H10N4O2. The third-order valence-electron chi connectivity index (χ3n) is 2.67. The first kappa shape index (κ1) is 11.8. The van der Waals surface area contributed by atoms with Crippen molar-refractivity contribution in [1.29, 1.82) is 5.26 Å². The predicted molar refractivity (Wildman–Crippen MR) is 62.5 cm³/mol. The monoisotopic (exact) mass is 242 g/mol. The van der Waals surface area contributed by atoms with Gasteiger partial charge in [-0.25, -0.2) is 14.5 Å². The fourth-order valence-corrected chi connectivity index (χ4v) is 1.62. The second-order valence-corrected chi connectivity index (χ2v) is 3.83. The molecule has 6 heteroatoms. The van der Waals surface area contributed by atoms with E-state index in [4.69, 9.17) is 10.4 Å². The zero-order chi connectivity index (χ0) is 13.3. The van der Waals surface area contributed by atoms with Crippen LogP contribution in [0, 0.1) is 25.2 Å². The van der Waals surface area contributed by atoms with E-state index < -0.39 is 5.97 Å². The van der Waals surface area contributed by atoms with Crippen molar-refractivity contribution in [2.75, 3.05) is 0 Å². The van der Waals surface area contributed by atoms with Crippen LogP contribution < -0.4 is 0 Å². The van der Waals surface area contributed by atoms with Crippen molar-refractivity contribution in [3.05, 3.63) is 40.8 Å². The number of hydrogen-bond acceptors (Lipinski definition) is 4. The zero-order valence-electron chi connectivity index (χ0n) is 9.88. The molecule has 2 aromatic rings. The average molecular weight is 242 g/mol. The fourth-order valence-electron chi connectivity index (χ4n) is 1.62. The number of nitriles is 1. The van der Waals surface area contributed by atoms with Crippen LogP contribution in [0.5, 0.6) is 0 Å². The lowest BCUT2D eigenvalue weighted by atomic mass is 10.2. The molecule has 2 heterocycles. The van der Waals surface area contributed by atoms with Gasteiger partial charge in [0.25, 0.3) is 0 Å². The van der Waals surface area contributed by atoms with Gasteiger partial charge in [0.15, 0.2) is 5.82 Å². The van der Waals surface area contributed by atoms with Crippen LogP contribution in [0.15, 0.2) is 18.5 Å². The molecule has 2 aromatic heterocycles. The van der Waals surface area contributed by atoms with Crippen molar-refractivity contribution in [3.8, 4) is 11.9 Å². The summed E-state index contributed by atoms with van der Waals surface area (Å²) in [6.07, 6.45) is 2.74. The molecule has 0 spiro atoms. The molecule has 0 aliphatic heterocycles. The molecule has 0 atom stereocenters. The van der Waals surface area contributed by atoms with Crippen molar-refractivity contribution < 1.29 is 9.90 Å². The Hall–Kier alpha value is -2.68. The topological polar surface area (TPSA) is 91.8 Å². The van der Waals surface area contributed by atoms with E-state index >= 15 is 0 Å². The van der Waals surface area contributed by atoms with Gasteiger partial charge in [-0.3, -0.25) is 0 Å². The maximum atomic E-state index is 10.9. The summed E-state index contributed by atoms with van der Waals surface area (Å²) in [6, 6.07) is 3.72. The smallest absolute Gasteiger partial charge is 0.339 e. The summed E-state index contributed by atoms with van der Waals surface area (Å²) in [6.45, 7) is 3.45. The van der Waals surface area contributed by atoms with Gasteiger partial charge in [-0.1, -0.05) is 0 Å². The Morgan fingerprint density at radius 2 is 2.17 bits per heavy atom. The molecule has 2 rings (SSSR count). The Labute approximate surface area is 103 Å². The summed E-state index contributed by atoms with van der Waals surface area (Å²) in [5.74, 6) is -0.527. The molecule has 0 aliphatic rings. The summed E-state index contributed by atoms with van der Waals surface area (Å²) in [4.78, 5) is 15.0. The molecule has 0 unspecified atom stereocenters. The molecule has 0 fully saturated rings. The van der Waals surface area contributed by atoms with E-state index in [-0.39, 0.29) is 5.56 Å². The normalized spacial score (nSPS) is 10.1. The third kappa shape index (κ3) is 1.82. The first-order valence-corrected chi connectivity index (χ1v) is 5.19. The summed E-state index contributed by atoms with van der Waals surface area (Å²) >= 11 is 0. The lowest BCUT2D eigenvalue weighted by Gasteiger charge is -2.05. The van der Waals surface area contributed by atoms with Gasteiger partial charge in [0.2, 0.25) is 0 Å². The predicted octanol–water partition coefficient (Wildman–Crippen LogP) is 1.45. The minimum absolute atomic E-state index is 0.138. The average Bonchev–Trinajstić information content (AvgIpc) is 2.71. The lowest BCUT2D eigenvalue weighted by Crippen LogP contribution is -2.05. The van der Waals surface area contributed by atoms with Crippen molar-refractivity contribution in [2.45, 2.75) is 13.8 Å². The molecule has 0 bridgehead atoms. The number of rotatable bonds is 2. The number of carboxylic acid groups (broad SMARTS) is 1. The van der Waals surface area contributed by atoms with E-state index in [2.05, 4.69) is 10.1 Å². The lowest BCUT2D eigenvalue weighted by molar-refractivity contribution is 0.0696. The van der Waals surface area contributed by atoms with Crippen molar-refractivity contribution >= 4 is 5.97 Å². The number of hydrogen-bond donors (Lipinski definition) is 1. The maximum Gasteiger partial charge on any atom is 0.339 e. The number of pyridine rings is 1. The van der Waals surface area contributed by atoms with Gasteiger partial charge in [-0.2, -0.15) is 10.4 Å². The number of nitrogens with zero attached hydrogens (tertiary/aromatic N) is 4. The first-order chi connectivity index (χ1) is 8.54. The third-order valence-corrected chi connectivity index (χ3v) is 2.67. The Balaban J connectivity index is 2.53. The summed E-state index contributed by atoms with van der Waals surface area (Å²) in [5, 5.41) is 21.8. The van der Waals surface area contributed by atoms with E-state index in [1.165, 1.54) is 17.1 Å². The molecule has 0 aliphatic carbocycles. The highest BCUT2D eigenvalue weighted by atomic mass is 16.4. The molecule has 18 heavy (non-hydrogen) atoms. The number of aryl methyl sites for hydroxylation is 1. The van der Waals surface area contributed by atoms with Crippen LogP contribution >= 0.6 is 0 Å². The minimum Gasteiger partial charge on any atom is -0.478 e. The van der Waals surface area contributed by atoms with E-state index in [1.807, 2.05) is 6.07 Å². The fraction of sp³-hybridized carbons (Fsp3) is 0.167. The molecule has 0 saturated carbocycles. The van der Waals surface area contributed by atoms with E-state index in [0.717, 1.165) is 5.56 Å². The van der Waals surface area contributed by atoms with Gasteiger partial charge >= 0.3 is 5.97 Å². The second kappa shape index (κ2) is 4.30. The van der Waals surface area contributed by atoms with E-state index in [1.54, 1.807) is 19.9 Å². The van der Waals surface area contributed by atoms with Crippen LogP contribution in [0.4, 0.5) is 0 Å². The number of aromatic carboxylic acids is 1. The molecule has 1 N–H and O–H groups in total. The largest absolute Gasteiger partial charge is 0.478 e. The molecular weight excluding hydrogens is 232 g/mol. The van der Waals surface area contributed by atoms with Crippen LogP contribution in [0.3, 0.4) is 0 Å². The van der Waals surface area contributed by atoms with Crippen molar-refractivity contribution in [2.24, 2.45) is 0 Å². The van der Waals surface area contributed by atoms with Gasteiger partial charge < -0.3 is 5.11 Å². The maximum absolute atomic E-state index is 10.9. The molecule has 6 nitrogen and oxygen atoms in total. The second-order valence-electron chi connectivity index (χ2n) is 3.83. The van der Waals surface area contributed by atoms with E-state index in [0.29, 0.717) is 17.1 Å². The van der Waals surface area contributed by atoms with Crippen LogP contribution in [0.1, 0.15) is 27.2 Å². The van der Waals surface area contributed by atoms with Gasteiger partial charge in [0.1, 0.15) is 11.6 Å². The Morgan fingerprint density at radius 3 is 2.67 bits per heavy atom. The van der Waals surface area contributed by atoms with E-state index in [9.17, 15) is 4.79 Å². The number of carbonyl (C=O) groups is 1. The standard InChI is InChI=1S/C12H10N4O2/c1-7-3-11(14-5-9(7)4-13)16-8(2)10(6-15-16)12(17)18/h3,5-6H,1-2H3,(H,17,18). The SMILES string of the molecule is Cc1cc(-n2ncc(C(=O)O)c2C)ncc1C#N. The highest BCUT2D eigenvalue weighted by Crippen LogP contribution is 2.15. The molecule has 0 radical (unpaired) electrons. The zero-order valence-corrected chi connectivity index (χ0v) is 9.88. The summed E-state index contributed by atoms with van der Waals surface area (Å²) < 4.78 is 1.44. The van der Waals surface area contributed by atoms with Crippen LogP contribution in [-0.2, 0) is 0 Å². The quantitative estimate of drug-likeness (QED) is 0.860. The van der Waals surface area contributed by atoms with Crippen LogP contribution in [0.25, 0.3) is 5.82 Å². The van der Waals surface area contributed by atoms with Crippen molar-refractivity contribution in [1.82, 2.24) is 14.8 Å².